The van der Waals surface area contributed by atoms with Crippen LogP contribution in [0.15, 0.2) is 83.8 Å². The van der Waals surface area contributed by atoms with E-state index < -0.39 is 42.5 Å². The Labute approximate surface area is 231 Å². The minimum Gasteiger partial charge on any atom is -0.505 e. The lowest BCUT2D eigenvalue weighted by Gasteiger charge is -2.42. The minimum absolute atomic E-state index is 0.190. The van der Waals surface area contributed by atoms with Crippen LogP contribution in [0.2, 0.25) is 0 Å². The van der Waals surface area contributed by atoms with Crippen LogP contribution < -0.4 is 10.2 Å². The quantitative estimate of drug-likeness (QED) is 0.311. The lowest BCUT2D eigenvalue weighted by atomic mass is 9.55. The highest BCUT2D eigenvalue weighted by Crippen LogP contribution is 2.52. The summed E-state index contributed by atoms with van der Waals surface area (Å²) in [5.74, 6) is -3.73. The van der Waals surface area contributed by atoms with Gasteiger partial charge in [-0.2, -0.15) is 0 Å². The van der Waals surface area contributed by atoms with Crippen molar-refractivity contribution in [2.45, 2.75) is 18.9 Å². The fraction of sp³-hybridized carbons (Fsp3) is 0.267. The molecular weight excluding hydrogens is 514 g/mol. The Morgan fingerprint density at radius 2 is 1.75 bits per heavy atom. The van der Waals surface area contributed by atoms with Crippen molar-refractivity contribution in [3.8, 4) is 5.75 Å². The molecule has 6 rings (SSSR count). The molecule has 3 N–H and O–H groups in total. The molecule has 2 heterocycles. The number of benzene rings is 3. The number of carbonyl (C=O) groups is 2. The fourth-order valence-corrected chi connectivity index (χ4v) is 6.29. The minimum atomic E-state index is -1.34. The van der Waals surface area contributed by atoms with Gasteiger partial charge in [0, 0.05) is 18.5 Å². The topological polar surface area (TPSA) is 108 Å². The number of allylic oxidation sites excluding steroid dienone is 1. The predicted molar refractivity (Wildman–Crippen MR) is 147 cm³/mol. The zero-order valence-corrected chi connectivity index (χ0v) is 21.8. The molecule has 2 amide bonds. The maximum absolute atomic E-state index is 14.1. The van der Waals surface area contributed by atoms with Crippen LogP contribution in [0.1, 0.15) is 24.5 Å². The highest BCUT2D eigenvalue weighted by Gasteiger charge is 2.58. The number of nitrogens with zero attached hydrogens (tertiary/aromatic N) is 1. The number of aromatic hydroxyl groups is 1. The van der Waals surface area contributed by atoms with E-state index in [1.54, 1.807) is 12.1 Å². The summed E-state index contributed by atoms with van der Waals surface area (Å²) in [6.07, 6.45) is -0.197. The molecule has 2 fully saturated rings. The summed E-state index contributed by atoms with van der Waals surface area (Å²) in [6, 6.07) is 20.7. The van der Waals surface area contributed by atoms with Crippen LogP contribution in [0.25, 0.3) is 0 Å². The molecule has 0 bridgehead atoms. The van der Waals surface area contributed by atoms with Crippen LogP contribution in [0.4, 0.5) is 21.5 Å². The first kappa shape index (κ1) is 26.2. The summed E-state index contributed by atoms with van der Waals surface area (Å²) in [6.45, 7) is 0.190. The Kier molecular flexibility index (Phi) is 6.91. The maximum atomic E-state index is 14.1. The van der Waals surface area contributed by atoms with Crippen LogP contribution in [-0.4, -0.2) is 42.8 Å². The van der Waals surface area contributed by atoms with Gasteiger partial charge < -0.3 is 24.8 Å². The standard InChI is InChI=1S/C30H28BFN2O6/c1-39-16-18-13-23-27(22-15-26(40-31(38)28(18)22)17-7-12-25(35)24(32)14-17)30(37)34(29(23)36)21-10-8-20(9-11-21)33-19-5-3-2-4-6-19/h2-12,14,22-23,26-27,33,35,38H,13,15-16H2,1H3/t22-,23-,26-,27+/m0/s1. The van der Waals surface area contributed by atoms with Crippen molar-refractivity contribution in [1.82, 2.24) is 0 Å². The third-order valence-corrected chi connectivity index (χ3v) is 8.06. The monoisotopic (exact) mass is 542 g/mol. The largest absolute Gasteiger partial charge is 0.505 e. The van der Waals surface area contributed by atoms with Crippen molar-refractivity contribution in [3.63, 3.8) is 0 Å². The maximum Gasteiger partial charge on any atom is 0.487 e. The molecule has 2 aliphatic heterocycles. The molecule has 2 saturated heterocycles. The number of phenolic OH excluding ortho intramolecular Hbond substituents is 1. The van der Waals surface area contributed by atoms with Crippen molar-refractivity contribution in [2.24, 2.45) is 17.8 Å². The van der Waals surface area contributed by atoms with Gasteiger partial charge in [0.1, 0.15) is 0 Å². The number of hydrogen-bond donors (Lipinski definition) is 3. The molecule has 0 spiro atoms. The average Bonchev–Trinajstić information content (AvgIpc) is 3.20. The number of anilines is 3. The molecule has 3 aromatic carbocycles. The molecule has 1 aliphatic carbocycles. The molecule has 4 atom stereocenters. The van der Waals surface area contributed by atoms with Crippen molar-refractivity contribution >= 4 is 36.0 Å². The van der Waals surface area contributed by atoms with Crippen molar-refractivity contribution in [2.75, 3.05) is 23.9 Å². The first-order valence-corrected chi connectivity index (χ1v) is 13.2. The second-order valence-corrected chi connectivity index (χ2v) is 10.4. The first-order valence-electron chi connectivity index (χ1n) is 13.2. The number of halogens is 1. The lowest BCUT2D eigenvalue weighted by molar-refractivity contribution is -0.123. The number of amides is 2. The van der Waals surface area contributed by atoms with Gasteiger partial charge in [-0.1, -0.05) is 24.3 Å². The number of phenols is 1. The van der Waals surface area contributed by atoms with E-state index in [1.165, 1.54) is 24.1 Å². The number of carbonyl (C=O) groups excluding carboxylic acids is 2. The molecule has 0 unspecified atom stereocenters. The molecule has 0 aromatic heterocycles. The number of para-hydroxylation sites is 1. The summed E-state index contributed by atoms with van der Waals surface area (Å²) in [5.41, 5.74) is 3.93. The number of hydrogen-bond acceptors (Lipinski definition) is 7. The van der Waals surface area contributed by atoms with E-state index in [9.17, 15) is 24.1 Å². The van der Waals surface area contributed by atoms with Crippen LogP contribution in [0.5, 0.6) is 5.75 Å². The van der Waals surface area contributed by atoms with Crippen LogP contribution >= 0.6 is 0 Å². The SMILES string of the molecule is COCC1=C2B(O)O[C@H](c3ccc(O)c(F)c3)C[C@H]2[C@H]2C(=O)N(c3ccc(Nc4ccccc4)cc3)C(=O)[C@H]2C1. The van der Waals surface area contributed by atoms with Gasteiger partial charge in [0.2, 0.25) is 11.8 Å². The number of imide groups is 1. The lowest BCUT2D eigenvalue weighted by Crippen LogP contribution is -2.45. The predicted octanol–water partition coefficient (Wildman–Crippen LogP) is 4.52. The zero-order valence-electron chi connectivity index (χ0n) is 21.8. The molecule has 204 valence electrons. The third kappa shape index (κ3) is 4.58. The van der Waals surface area contributed by atoms with Crippen molar-refractivity contribution in [1.29, 1.82) is 0 Å². The smallest absolute Gasteiger partial charge is 0.487 e. The van der Waals surface area contributed by atoms with Gasteiger partial charge in [0.05, 0.1) is 30.2 Å². The van der Waals surface area contributed by atoms with Crippen LogP contribution in [0, 0.1) is 23.6 Å². The molecule has 3 aliphatic rings. The van der Waals surface area contributed by atoms with Crippen molar-refractivity contribution < 1.29 is 33.5 Å². The van der Waals surface area contributed by atoms with E-state index in [2.05, 4.69) is 5.32 Å². The molecule has 0 radical (unpaired) electrons. The number of rotatable bonds is 6. The highest BCUT2D eigenvalue weighted by atomic mass is 19.1. The molecule has 40 heavy (non-hydrogen) atoms. The van der Waals surface area contributed by atoms with Gasteiger partial charge in [0.25, 0.3) is 0 Å². The Balaban J connectivity index is 1.30. The molecular formula is C30H28BFN2O6. The number of fused-ring (bicyclic) bond motifs is 3. The van der Waals surface area contributed by atoms with E-state index in [1.807, 2.05) is 42.5 Å². The Morgan fingerprint density at radius 1 is 1.02 bits per heavy atom. The normalized spacial score (nSPS) is 24.3. The van der Waals surface area contributed by atoms with E-state index in [0.717, 1.165) is 23.0 Å². The second-order valence-electron chi connectivity index (χ2n) is 10.4. The van der Waals surface area contributed by atoms with E-state index >= 15 is 0 Å². The van der Waals surface area contributed by atoms with Gasteiger partial charge in [0.15, 0.2) is 11.6 Å². The summed E-state index contributed by atoms with van der Waals surface area (Å²) in [7, 11) is 0.193. The average molecular weight is 542 g/mol. The number of methoxy groups -OCH3 is 1. The third-order valence-electron chi connectivity index (χ3n) is 8.06. The summed E-state index contributed by atoms with van der Waals surface area (Å²) < 4.78 is 25.4. The summed E-state index contributed by atoms with van der Waals surface area (Å²) >= 11 is 0. The second kappa shape index (κ2) is 10.5. The van der Waals surface area contributed by atoms with E-state index in [4.69, 9.17) is 9.39 Å². The Bertz CT molecular complexity index is 1480. The van der Waals surface area contributed by atoms with Gasteiger partial charge in [-0.3, -0.25) is 14.5 Å². The van der Waals surface area contributed by atoms with Crippen LogP contribution in [-0.2, 0) is 19.0 Å². The highest BCUT2D eigenvalue weighted by molar-refractivity contribution is 6.53. The zero-order chi connectivity index (χ0) is 28.0. The molecule has 0 saturated carbocycles. The van der Waals surface area contributed by atoms with Gasteiger partial charge in [-0.15, -0.1) is 0 Å². The van der Waals surface area contributed by atoms with E-state index in [0.29, 0.717) is 16.7 Å². The van der Waals surface area contributed by atoms with Crippen LogP contribution in [0.3, 0.4) is 0 Å². The molecule has 10 heteroatoms. The Hall–Kier alpha value is -3.99. The van der Waals surface area contributed by atoms with Crippen molar-refractivity contribution in [3.05, 3.63) is 95.2 Å². The molecule has 3 aromatic rings. The number of ether oxygens (including phenoxy) is 1. The van der Waals surface area contributed by atoms with Gasteiger partial charge in [-0.05, 0) is 83.9 Å². The van der Waals surface area contributed by atoms with Gasteiger partial charge in [-0.25, -0.2) is 4.39 Å². The summed E-state index contributed by atoms with van der Waals surface area (Å²) in [4.78, 5) is 28.9. The van der Waals surface area contributed by atoms with E-state index in [-0.39, 0.29) is 31.3 Å². The fourth-order valence-electron chi connectivity index (χ4n) is 6.29. The Morgan fingerprint density at radius 3 is 2.45 bits per heavy atom. The van der Waals surface area contributed by atoms with Gasteiger partial charge >= 0.3 is 7.12 Å². The molecule has 8 nitrogen and oxygen atoms in total. The number of nitrogens with one attached hydrogen (secondary N) is 1. The summed E-state index contributed by atoms with van der Waals surface area (Å²) in [5, 5.41) is 24.0. The first-order chi connectivity index (χ1) is 19.4.